The van der Waals surface area contributed by atoms with Crippen LogP contribution in [-0.2, 0) is 4.74 Å². The summed E-state index contributed by atoms with van der Waals surface area (Å²) in [6.45, 7) is 2.01. The van der Waals surface area contributed by atoms with E-state index >= 15 is 0 Å². The molecule has 0 spiro atoms. The molecule has 18 heavy (non-hydrogen) atoms. The van der Waals surface area contributed by atoms with Crippen LogP contribution in [-0.4, -0.2) is 18.9 Å². The Labute approximate surface area is 109 Å². The number of aldehydes is 1. The number of carbonyl (C=O) groups excluding carboxylic acids is 2. The van der Waals surface area contributed by atoms with Gasteiger partial charge >= 0.3 is 5.97 Å². The zero-order valence-electron chi connectivity index (χ0n) is 9.77. The lowest BCUT2D eigenvalue weighted by atomic mass is 10.0. The van der Waals surface area contributed by atoms with Gasteiger partial charge in [0.1, 0.15) is 0 Å². The van der Waals surface area contributed by atoms with Gasteiger partial charge in [-0.3, -0.25) is 4.79 Å². The quantitative estimate of drug-likeness (QED) is 0.628. The summed E-state index contributed by atoms with van der Waals surface area (Å²) in [5.74, 6) is -0.481. The van der Waals surface area contributed by atoms with Crippen molar-refractivity contribution >= 4 is 34.6 Å². The maximum atomic E-state index is 11.7. The van der Waals surface area contributed by atoms with Gasteiger partial charge in [-0.05, 0) is 29.8 Å². The molecule has 0 bridgehead atoms. The summed E-state index contributed by atoms with van der Waals surface area (Å²) < 4.78 is 4.92. The highest BCUT2D eigenvalue weighted by molar-refractivity contribution is 6.34. The predicted octanol–water partition coefficient (Wildman–Crippen LogP) is 3.48. The Morgan fingerprint density at radius 1 is 1.39 bits per heavy atom. The lowest BCUT2D eigenvalue weighted by Crippen LogP contribution is -2.05. The molecule has 0 unspecified atom stereocenters. The van der Waals surface area contributed by atoms with Gasteiger partial charge in [-0.15, -0.1) is 0 Å². The number of hydrogen-bond acceptors (Lipinski definition) is 3. The van der Waals surface area contributed by atoms with Gasteiger partial charge in [0.15, 0.2) is 6.29 Å². The molecule has 0 amide bonds. The highest BCUT2D eigenvalue weighted by atomic mass is 35.5. The maximum Gasteiger partial charge on any atom is 0.339 e. The van der Waals surface area contributed by atoms with Gasteiger partial charge in [-0.25, -0.2) is 4.79 Å². The molecule has 92 valence electrons. The van der Waals surface area contributed by atoms with E-state index in [0.717, 1.165) is 11.7 Å². The summed E-state index contributed by atoms with van der Waals surface area (Å²) in [4.78, 5) is 22.7. The number of esters is 1. The molecule has 0 radical (unpaired) electrons. The van der Waals surface area contributed by atoms with E-state index in [1.54, 1.807) is 31.2 Å². The molecule has 0 saturated carbocycles. The first-order valence-corrected chi connectivity index (χ1v) is 5.89. The molecule has 0 aromatic heterocycles. The summed E-state index contributed by atoms with van der Waals surface area (Å²) in [5.41, 5.74) is 0.801. The maximum absolute atomic E-state index is 11.7. The summed E-state index contributed by atoms with van der Waals surface area (Å²) >= 11 is 6.04. The van der Waals surface area contributed by atoms with Crippen LogP contribution in [0.3, 0.4) is 0 Å². The first-order valence-electron chi connectivity index (χ1n) is 5.52. The smallest absolute Gasteiger partial charge is 0.339 e. The number of fused-ring (bicyclic) bond motifs is 1. The fraction of sp³-hybridized carbons (Fsp3) is 0.143. The largest absolute Gasteiger partial charge is 0.462 e. The molecular formula is C14H11ClO3. The van der Waals surface area contributed by atoms with Gasteiger partial charge in [0.05, 0.1) is 17.2 Å². The van der Waals surface area contributed by atoms with Crippen LogP contribution in [0.5, 0.6) is 0 Å². The van der Waals surface area contributed by atoms with E-state index in [1.807, 2.05) is 6.07 Å². The average Bonchev–Trinajstić information content (AvgIpc) is 2.37. The highest BCUT2D eigenvalue weighted by Gasteiger charge is 2.13. The molecular weight excluding hydrogens is 252 g/mol. The van der Waals surface area contributed by atoms with Gasteiger partial charge in [0, 0.05) is 5.56 Å². The molecule has 0 aliphatic carbocycles. The van der Waals surface area contributed by atoms with E-state index in [4.69, 9.17) is 16.3 Å². The third-order valence-corrected chi connectivity index (χ3v) is 2.94. The molecule has 4 heteroatoms. The lowest BCUT2D eigenvalue weighted by molar-refractivity contribution is 0.0526. The van der Waals surface area contributed by atoms with Crippen LogP contribution >= 0.6 is 11.6 Å². The third kappa shape index (κ3) is 2.22. The second-order valence-electron chi connectivity index (χ2n) is 3.74. The molecule has 0 saturated heterocycles. The zero-order valence-corrected chi connectivity index (χ0v) is 10.5. The summed E-state index contributed by atoms with van der Waals surface area (Å²) in [7, 11) is 0. The van der Waals surface area contributed by atoms with Crippen LogP contribution in [0, 0.1) is 0 Å². The van der Waals surface area contributed by atoms with E-state index in [1.165, 1.54) is 0 Å². The predicted molar refractivity (Wildman–Crippen MR) is 70.3 cm³/mol. The van der Waals surface area contributed by atoms with E-state index in [9.17, 15) is 9.59 Å². The fourth-order valence-electron chi connectivity index (χ4n) is 1.79. The first kappa shape index (κ1) is 12.6. The van der Waals surface area contributed by atoms with Crippen LogP contribution in [0.15, 0.2) is 30.3 Å². The minimum absolute atomic E-state index is 0.278. The topological polar surface area (TPSA) is 43.4 Å². The lowest BCUT2D eigenvalue weighted by Gasteiger charge is -2.07. The number of carbonyl (C=O) groups is 2. The van der Waals surface area contributed by atoms with Crippen molar-refractivity contribution in [2.24, 2.45) is 0 Å². The van der Waals surface area contributed by atoms with Gasteiger partial charge in [0.2, 0.25) is 0 Å². The van der Waals surface area contributed by atoms with Gasteiger partial charge < -0.3 is 4.74 Å². The van der Waals surface area contributed by atoms with E-state index in [-0.39, 0.29) is 12.2 Å². The van der Waals surface area contributed by atoms with Crippen LogP contribution in [0.4, 0.5) is 0 Å². The van der Waals surface area contributed by atoms with Crippen molar-refractivity contribution < 1.29 is 14.3 Å². The molecule has 0 atom stereocenters. The van der Waals surface area contributed by atoms with Gasteiger partial charge in [0.25, 0.3) is 0 Å². The standard InChI is InChI=1S/C14H11ClO3/c1-2-18-14(17)12-7-11-9(6-13(12)15)4-3-5-10(11)8-16/h3-8H,2H2,1H3. The van der Waals surface area contributed by atoms with Crippen LogP contribution < -0.4 is 0 Å². The average molecular weight is 263 g/mol. The van der Waals surface area contributed by atoms with Gasteiger partial charge in [-0.2, -0.15) is 0 Å². The molecule has 0 aliphatic rings. The minimum Gasteiger partial charge on any atom is -0.462 e. The SMILES string of the molecule is CCOC(=O)c1cc2c(C=O)cccc2cc1Cl. The molecule has 0 aliphatic heterocycles. The number of hydrogen-bond donors (Lipinski definition) is 0. The molecule has 0 fully saturated rings. The van der Waals surface area contributed by atoms with Crippen molar-refractivity contribution in [2.75, 3.05) is 6.61 Å². The van der Waals surface area contributed by atoms with Crippen molar-refractivity contribution in [3.05, 3.63) is 46.5 Å². The molecule has 3 nitrogen and oxygen atoms in total. The minimum atomic E-state index is -0.481. The van der Waals surface area contributed by atoms with Crippen molar-refractivity contribution in [1.29, 1.82) is 0 Å². The highest BCUT2D eigenvalue weighted by Crippen LogP contribution is 2.26. The monoisotopic (exact) mass is 262 g/mol. The van der Waals surface area contributed by atoms with E-state index < -0.39 is 5.97 Å². The second-order valence-corrected chi connectivity index (χ2v) is 4.15. The normalized spacial score (nSPS) is 10.3. The van der Waals surface area contributed by atoms with Gasteiger partial charge in [-0.1, -0.05) is 29.8 Å². The Morgan fingerprint density at radius 2 is 2.17 bits per heavy atom. The molecule has 2 aromatic carbocycles. The Balaban J connectivity index is 2.65. The Bertz CT molecular complexity index is 620. The second kappa shape index (κ2) is 5.19. The zero-order chi connectivity index (χ0) is 13.1. The van der Waals surface area contributed by atoms with Crippen molar-refractivity contribution in [1.82, 2.24) is 0 Å². The Kier molecular flexibility index (Phi) is 3.63. The molecule has 0 N–H and O–H groups in total. The summed E-state index contributed by atoms with van der Waals surface area (Å²) in [6.07, 6.45) is 0.755. The van der Waals surface area contributed by atoms with Crippen LogP contribution in [0.25, 0.3) is 10.8 Å². The summed E-state index contributed by atoms with van der Waals surface area (Å²) in [6, 6.07) is 8.56. The Morgan fingerprint density at radius 3 is 2.83 bits per heavy atom. The fourth-order valence-corrected chi connectivity index (χ4v) is 2.04. The molecule has 0 heterocycles. The Hall–Kier alpha value is -1.87. The van der Waals surface area contributed by atoms with E-state index in [2.05, 4.69) is 0 Å². The number of halogens is 1. The number of ether oxygens (including phenoxy) is 1. The number of rotatable bonds is 3. The summed E-state index contributed by atoms with van der Waals surface area (Å²) in [5, 5.41) is 1.83. The molecule has 2 aromatic rings. The van der Waals surface area contributed by atoms with Crippen molar-refractivity contribution in [3.8, 4) is 0 Å². The van der Waals surface area contributed by atoms with E-state index in [0.29, 0.717) is 16.0 Å². The number of benzene rings is 2. The van der Waals surface area contributed by atoms with Crippen LogP contribution in [0.1, 0.15) is 27.6 Å². The van der Waals surface area contributed by atoms with Crippen molar-refractivity contribution in [3.63, 3.8) is 0 Å². The van der Waals surface area contributed by atoms with Crippen molar-refractivity contribution in [2.45, 2.75) is 6.92 Å². The molecule has 2 rings (SSSR count). The third-order valence-electron chi connectivity index (χ3n) is 2.62. The first-order chi connectivity index (χ1) is 8.67. The van der Waals surface area contributed by atoms with Crippen LogP contribution in [0.2, 0.25) is 5.02 Å².